The Morgan fingerprint density at radius 1 is 1.23 bits per heavy atom. The van der Waals surface area contributed by atoms with Gasteiger partial charge in [-0.15, -0.1) is 0 Å². The van der Waals surface area contributed by atoms with Crippen molar-refractivity contribution in [3.63, 3.8) is 0 Å². The fourth-order valence-electron chi connectivity index (χ4n) is 4.25. The Morgan fingerprint density at radius 2 is 1.90 bits per heavy atom. The van der Waals surface area contributed by atoms with Crippen molar-refractivity contribution in [1.82, 2.24) is 24.0 Å². The fraction of sp³-hybridized carbons (Fsp3) is 0.478. The van der Waals surface area contributed by atoms with Crippen LogP contribution in [0.2, 0.25) is 0 Å². The first-order valence-corrected chi connectivity index (χ1v) is 10.7. The van der Waals surface area contributed by atoms with E-state index in [-0.39, 0.29) is 23.9 Å². The molecule has 0 aliphatic carbocycles. The van der Waals surface area contributed by atoms with Crippen molar-refractivity contribution in [3.05, 3.63) is 58.4 Å². The maximum absolute atomic E-state index is 12.8. The number of nitrogens with zero attached hydrogens (tertiary/aromatic N) is 5. The van der Waals surface area contributed by atoms with E-state index in [4.69, 9.17) is 0 Å². The smallest absolute Gasteiger partial charge is 0.281 e. The van der Waals surface area contributed by atoms with Crippen LogP contribution in [-0.4, -0.2) is 53.7 Å². The molecule has 31 heavy (non-hydrogen) atoms. The predicted molar refractivity (Wildman–Crippen MR) is 118 cm³/mol. The third kappa shape index (κ3) is 4.25. The molecule has 3 aromatic rings. The largest absolute Gasteiger partial charge is 0.388 e. The van der Waals surface area contributed by atoms with Gasteiger partial charge in [0.25, 0.3) is 5.56 Å². The van der Waals surface area contributed by atoms with Crippen molar-refractivity contribution in [2.24, 2.45) is 7.05 Å². The summed E-state index contributed by atoms with van der Waals surface area (Å²) in [6.45, 7) is 4.98. The van der Waals surface area contributed by atoms with E-state index in [9.17, 15) is 14.7 Å². The van der Waals surface area contributed by atoms with Gasteiger partial charge in [0.05, 0.1) is 12.1 Å². The lowest BCUT2D eigenvalue weighted by atomic mass is 9.90. The number of likely N-dealkylation sites (tertiary alicyclic amines) is 1. The van der Waals surface area contributed by atoms with Crippen LogP contribution in [0.1, 0.15) is 43.5 Å². The Balaban J connectivity index is 1.40. The Kier molecular flexibility index (Phi) is 5.66. The van der Waals surface area contributed by atoms with Crippen LogP contribution < -0.4 is 5.56 Å². The topological polar surface area (TPSA) is 93.2 Å². The number of hydrogen-bond donors (Lipinski definition) is 1. The summed E-state index contributed by atoms with van der Waals surface area (Å²) in [6, 6.07) is 10.0. The van der Waals surface area contributed by atoms with Crippen molar-refractivity contribution >= 4 is 17.1 Å². The van der Waals surface area contributed by atoms with E-state index in [1.54, 1.807) is 4.57 Å². The number of imidazole rings is 1. The molecule has 2 aromatic heterocycles. The molecular weight excluding hydrogens is 394 g/mol. The van der Waals surface area contributed by atoms with Gasteiger partial charge in [-0.25, -0.2) is 9.97 Å². The lowest BCUT2D eigenvalue weighted by Crippen LogP contribution is -2.49. The standard InChI is InChI=1S/C23H29N5O3/c1-16(18-7-5-4-6-8-18)13-19(29)27-11-9-23(31,10-12-27)14-28-15-24-21-20(22(28)30)25-17(2)26(21)3/h4-8,15-16,31H,9-14H2,1-3H3/t16-/m1/s1. The Morgan fingerprint density at radius 3 is 2.58 bits per heavy atom. The molecule has 1 N–H and O–H groups in total. The summed E-state index contributed by atoms with van der Waals surface area (Å²) in [7, 11) is 1.82. The second kappa shape index (κ2) is 8.26. The van der Waals surface area contributed by atoms with Gasteiger partial charge in [0.1, 0.15) is 12.2 Å². The zero-order chi connectivity index (χ0) is 22.2. The van der Waals surface area contributed by atoms with Crippen molar-refractivity contribution in [2.75, 3.05) is 13.1 Å². The lowest BCUT2D eigenvalue weighted by molar-refractivity contribution is -0.136. The number of carbonyl (C=O) groups is 1. The van der Waals surface area contributed by atoms with Crippen molar-refractivity contribution in [1.29, 1.82) is 0 Å². The van der Waals surface area contributed by atoms with Gasteiger partial charge in [-0.3, -0.25) is 14.2 Å². The summed E-state index contributed by atoms with van der Waals surface area (Å²) < 4.78 is 3.21. The first kappa shape index (κ1) is 21.2. The van der Waals surface area contributed by atoms with Crippen molar-refractivity contribution in [3.8, 4) is 0 Å². The van der Waals surface area contributed by atoms with E-state index in [2.05, 4.69) is 16.9 Å². The van der Waals surface area contributed by atoms with E-state index in [0.29, 0.717) is 49.3 Å². The van der Waals surface area contributed by atoms with E-state index < -0.39 is 5.60 Å². The third-order valence-corrected chi connectivity index (χ3v) is 6.43. The number of hydrogen-bond acceptors (Lipinski definition) is 5. The zero-order valence-electron chi connectivity index (χ0n) is 18.3. The van der Waals surface area contributed by atoms with Crippen molar-refractivity contribution < 1.29 is 9.90 Å². The van der Waals surface area contributed by atoms with Crippen LogP contribution in [-0.2, 0) is 18.4 Å². The summed E-state index contributed by atoms with van der Waals surface area (Å²) in [4.78, 5) is 36.0. The quantitative estimate of drug-likeness (QED) is 0.677. The number of aliphatic hydroxyl groups is 1. The summed E-state index contributed by atoms with van der Waals surface area (Å²) in [5, 5.41) is 11.1. The molecule has 0 radical (unpaired) electrons. The maximum Gasteiger partial charge on any atom is 0.281 e. The zero-order valence-corrected chi connectivity index (χ0v) is 18.3. The Labute approximate surface area is 181 Å². The van der Waals surface area contributed by atoms with Crippen LogP contribution in [0.3, 0.4) is 0 Å². The average molecular weight is 424 g/mol. The molecule has 0 spiro atoms. The molecule has 1 aliphatic heterocycles. The highest BCUT2D eigenvalue weighted by Crippen LogP contribution is 2.26. The van der Waals surface area contributed by atoms with Crippen LogP contribution in [0.25, 0.3) is 11.2 Å². The van der Waals surface area contributed by atoms with E-state index in [0.717, 1.165) is 5.56 Å². The van der Waals surface area contributed by atoms with Crippen LogP contribution in [0.5, 0.6) is 0 Å². The molecule has 0 bridgehead atoms. The minimum Gasteiger partial charge on any atom is -0.388 e. The van der Waals surface area contributed by atoms with Gasteiger partial charge < -0.3 is 14.6 Å². The Hall–Kier alpha value is -3.00. The fourth-order valence-corrected chi connectivity index (χ4v) is 4.25. The van der Waals surface area contributed by atoms with Gasteiger partial charge in [0, 0.05) is 26.6 Å². The number of piperidine rings is 1. The maximum atomic E-state index is 12.8. The normalized spacial score (nSPS) is 17.1. The average Bonchev–Trinajstić information content (AvgIpc) is 3.05. The number of aryl methyl sites for hydroxylation is 2. The SMILES string of the molecule is Cc1nc2c(=O)n(CC3(O)CCN(C(=O)C[C@@H](C)c4ccccc4)CC3)cnc2n1C. The van der Waals surface area contributed by atoms with Gasteiger partial charge in [0.2, 0.25) is 5.91 Å². The first-order chi connectivity index (χ1) is 14.8. The predicted octanol–water partition coefficient (Wildman–Crippen LogP) is 1.99. The van der Waals surface area contributed by atoms with E-state index >= 15 is 0 Å². The molecule has 0 unspecified atom stereocenters. The van der Waals surface area contributed by atoms with Gasteiger partial charge in [0.15, 0.2) is 11.2 Å². The summed E-state index contributed by atoms with van der Waals surface area (Å²) in [5.74, 6) is 0.961. The first-order valence-electron chi connectivity index (χ1n) is 10.7. The summed E-state index contributed by atoms with van der Waals surface area (Å²) in [5.41, 5.74) is 0.700. The van der Waals surface area contributed by atoms with Gasteiger partial charge in [-0.1, -0.05) is 37.3 Å². The molecule has 3 heterocycles. The van der Waals surface area contributed by atoms with E-state index in [1.165, 1.54) is 10.9 Å². The highest BCUT2D eigenvalue weighted by molar-refractivity contribution is 5.77. The van der Waals surface area contributed by atoms with Gasteiger partial charge in [-0.05, 0) is 31.2 Å². The minimum atomic E-state index is -1.05. The number of aromatic nitrogens is 4. The third-order valence-electron chi connectivity index (χ3n) is 6.43. The molecular formula is C23H29N5O3. The molecule has 1 amide bonds. The molecule has 1 aromatic carbocycles. The molecule has 4 rings (SSSR count). The molecule has 164 valence electrons. The Bertz CT molecular complexity index is 1140. The van der Waals surface area contributed by atoms with Crippen LogP contribution in [0.4, 0.5) is 0 Å². The number of benzene rings is 1. The van der Waals surface area contributed by atoms with Crippen molar-refractivity contribution in [2.45, 2.75) is 51.2 Å². The second-order valence-electron chi connectivity index (χ2n) is 8.69. The lowest BCUT2D eigenvalue weighted by Gasteiger charge is -2.38. The monoisotopic (exact) mass is 423 g/mol. The molecule has 1 fully saturated rings. The molecule has 8 heteroatoms. The highest BCUT2D eigenvalue weighted by atomic mass is 16.3. The van der Waals surface area contributed by atoms with Gasteiger partial charge >= 0.3 is 0 Å². The highest BCUT2D eigenvalue weighted by Gasteiger charge is 2.35. The summed E-state index contributed by atoms with van der Waals surface area (Å²) in [6.07, 6.45) is 2.76. The number of fused-ring (bicyclic) bond motifs is 1. The number of carbonyl (C=O) groups excluding carboxylic acids is 1. The number of amides is 1. The van der Waals surface area contributed by atoms with E-state index in [1.807, 2.05) is 49.2 Å². The molecule has 1 saturated heterocycles. The number of rotatable bonds is 5. The van der Waals surface area contributed by atoms with Crippen LogP contribution in [0.15, 0.2) is 41.5 Å². The van der Waals surface area contributed by atoms with Crippen LogP contribution in [0, 0.1) is 6.92 Å². The molecule has 8 nitrogen and oxygen atoms in total. The molecule has 1 atom stereocenters. The molecule has 1 aliphatic rings. The summed E-state index contributed by atoms with van der Waals surface area (Å²) >= 11 is 0. The molecule has 0 saturated carbocycles. The minimum absolute atomic E-state index is 0.0996. The van der Waals surface area contributed by atoms with Crippen LogP contribution >= 0.6 is 0 Å². The second-order valence-corrected chi connectivity index (χ2v) is 8.69. The van der Waals surface area contributed by atoms with Gasteiger partial charge in [-0.2, -0.15) is 0 Å².